The van der Waals surface area contributed by atoms with Crippen molar-refractivity contribution in [3.8, 4) is 0 Å². The van der Waals surface area contributed by atoms with Crippen molar-refractivity contribution in [1.29, 1.82) is 0 Å². The fraction of sp³-hybridized carbons (Fsp3) is 0.652. The SMILES string of the molecule is c1ccc2nc(N3CCC(OCC4CCCCO4)CC3)c(N3CCCC3)nc2c1. The second-order valence-electron chi connectivity index (χ2n) is 8.56. The summed E-state index contributed by atoms with van der Waals surface area (Å²) in [4.78, 5) is 14.9. The van der Waals surface area contributed by atoms with Gasteiger partial charge in [0.05, 0.1) is 29.8 Å². The summed E-state index contributed by atoms with van der Waals surface area (Å²) in [7, 11) is 0. The Morgan fingerprint density at radius 2 is 1.48 bits per heavy atom. The lowest BCUT2D eigenvalue weighted by Gasteiger charge is -2.35. The summed E-state index contributed by atoms with van der Waals surface area (Å²) in [5.41, 5.74) is 1.97. The lowest BCUT2D eigenvalue weighted by atomic mass is 10.1. The second-order valence-corrected chi connectivity index (χ2v) is 8.56. The molecule has 29 heavy (non-hydrogen) atoms. The van der Waals surface area contributed by atoms with Gasteiger partial charge in [-0.1, -0.05) is 12.1 Å². The topological polar surface area (TPSA) is 50.7 Å². The molecule has 0 aliphatic carbocycles. The number of benzene rings is 1. The van der Waals surface area contributed by atoms with Gasteiger partial charge in [0.15, 0.2) is 11.6 Å². The third kappa shape index (κ3) is 4.33. The van der Waals surface area contributed by atoms with Crippen molar-refractivity contribution in [3.05, 3.63) is 24.3 Å². The van der Waals surface area contributed by atoms with Crippen LogP contribution in [0.25, 0.3) is 11.0 Å². The molecule has 0 N–H and O–H groups in total. The molecule has 3 saturated heterocycles. The van der Waals surface area contributed by atoms with Crippen LogP contribution < -0.4 is 9.80 Å². The molecule has 6 nitrogen and oxygen atoms in total. The van der Waals surface area contributed by atoms with E-state index in [0.29, 0.717) is 12.2 Å². The third-order valence-corrected chi connectivity index (χ3v) is 6.47. The Bertz CT molecular complexity index is 810. The van der Waals surface area contributed by atoms with E-state index in [0.717, 1.165) is 81.3 Å². The molecule has 1 unspecified atom stereocenters. The number of rotatable bonds is 5. The van der Waals surface area contributed by atoms with Crippen molar-refractivity contribution in [2.45, 2.75) is 57.2 Å². The fourth-order valence-electron chi connectivity index (χ4n) is 4.75. The van der Waals surface area contributed by atoms with Crippen molar-refractivity contribution >= 4 is 22.7 Å². The molecule has 0 saturated carbocycles. The zero-order chi connectivity index (χ0) is 19.5. The van der Waals surface area contributed by atoms with Gasteiger partial charge in [-0.3, -0.25) is 0 Å². The van der Waals surface area contributed by atoms with Gasteiger partial charge in [0.2, 0.25) is 0 Å². The average molecular weight is 397 g/mol. The minimum atomic E-state index is 0.301. The predicted octanol–water partition coefficient (Wildman–Crippen LogP) is 3.78. The number of nitrogens with zero attached hydrogens (tertiary/aromatic N) is 4. The van der Waals surface area contributed by atoms with Crippen molar-refractivity contribution in [2.75, 3.05) is 49.2 Å². The van der Waals surface area contributed by atoms with E-state index in [2.05, 4.69) is 21.9 Å². The van der Waals surface area contributed by atoms with Gasteiger partial charge in [-0.15, -0.1) is 0 Å². The largest absolute Gasteiger partial charge is 0.376 e. The van der Waals surface area contributed by atoms with E-state index in [-0.39, 0.29) is 0 Å². The number of ether oxygens (including phenoxy) is 2. The molecule has 1 aromatic heterocycles. The molecule has 5 rings (SSSR count). The molecular weight excluding hydrogens is 364 g/mol. The van der Waals surface area contributed by atoms with E-state index in [4.69, 9.17) is 19.4 Å². The summed E-state index contributed by atoms with van der Waals surface area (Å²) in [5, 5.41) is 0. The Labute approximate surface area is 173 Å². The molecular formula is C23H32N4O2. The molecule has 1 aromatic carbocycles. The maximum atomic E-state index is 6.21. The van der Waals surface area contributed by atoms with Crippen molar-refractivity contribution in [3.63, 3.8) is 0 Å². The van der Waals surface area contributed by atoms with Crippen LogP contribution in [0.2, 0.25) is 0 Å². The van der Waals surface area contributed by atoms with Crippen LogP contribution in [-0.2, 0) is 9.47 Å². The molecule has 6 heteroatoms. The van der Waals surface area contributed by atoms with Gasteiger partial charge in [0, 0.05) is 32.8 Å². The molecule has 0 radical (unpaired) electrons. The molecule has 2 aromatic rings. The zero-order valence-corrected chi connectivity index (χ0v) is 17.3. The number of para-hydroxylation sites is 2. The van der Waals surface area contributed by atoms with Crippen LogP contribution in [0, 0.1) is 0 Å². The highest BCUT2D eigenvalue weighted by atomic mass is 16.5. The van der Waals surface area contributed by atoms with E-state index in [1.165, 1.54) is 25.7 Å². The minimum absolute atomic E-state index is 0.301. The van der Waals surface area contributed by atoms with Crippen LogP contribution in [0.5, 0.6) is 0 Å². The number of hydrogen-bond acceptors (Lipinski definition) is 6. The second kappa shape index (κ2) is 8.84. The number of hydrogen-bond donors (Lipinski definition) is 0. The first kappa shape index (κ1) is 19.1. The first-order chi connectivity index (χ1) is 14.4. The average Bonchev–Trinajstić information content (AvgIpc) is 3.33. The summed E-state index contributed by atoms with van der Waals surface area (Å²) < 4.78 is 12.0. The highest BCUT2D eigenvalue weighted by Gasteiger charge is 2.27. The molecule has 1 atom stereocenters. The van der Waals surface area contributed by atoms with Crippen molar-refractivity contribution in [1.82, 2.24) is 9.97 Å². The van der Waals surface area contributed by atoms with Crippen LogP contribution in [0.3, 0.4) is 0 Å². The Morgan fingerprint density at radius 1 is 0.828 bits per heavy atom. The number of piperidine rings is 1. The van der Waals surface area contributed by atoms with Gasteiger partial charge in [0.25, 0.3) is 0 Å². The minimum Gasteiger partial charge on any atom is -0.376 e. The molecule has 4 heterocycles. The van der Waals surface area contributed by atoms with E-state index >= 15 is 0 Å². The van der Waals surface area contributed by atoms with Crippen LogP contribution in [0.4, 0.5) is 11.6 Å². The third-order valence-electron chi connectivity index (χ3n) is 6.47. The van der Waals surface area contributed by atoms with Gasteiger partial charge < -0.3 is 19.3 Å². The highest BCUT2D eigenvalue weighted by molar-refractivity contribution is 5.81. The van der Waals surface area contributed by atoms with Gasteiger partial charge in [-0.2, -0.15) is 0 Å². The summed E-state index contributed by atoms with van der Waals surface area (Å²) in [6.45, 7) is 5.77. The Balaban J connectivity index is 1.27. The maximum Gasteiger partial charge on any atom is 0.172 e. The smallest absolute Gasteiger partial charge is 0.172 e. The van der Waals surface area contributed by atoms with Crippen LogP contribution >= 0.6 is 0 Å². The summed E-state index contributed by atoms with van der Waals surface area (Å²) >= 11 is 0. The van der Waals surface area contributed by atoms with Crippen LogP contribution in [0.1, 0.15) is 44.9 Å². The van der Waals surface area contributed by atoms with Gasteiger partial charge in [-0.05, 0) is 57.1 Å². The number of anilines is 2. The fourth-order valence-corrected chi connectivity index (χ4v) is 4.75. The Morgan fingerprint density at radius 3 is 2.10 bits per heavy atom. The first-order valence-electron chi connectivity index (χ1n) is 11.4. The monoisotopic (exact) mass is 396 g/mol. The highest BCUT2D eigenvalue weighted by Crippen LogP contribution is 2.32. The molecule has 0 bridgehead atoms. The van der Waals surface area contributed by atoms with Gasteiger partial charge >= 0.3 is 0 Å². The molecule has 3 aliphatic rings. The molecule has 3 fully saturated rings. The summed E-state index contributed by atoms with van der Waals surface area (Å²) in [5.74, 6) is 2.12. The Hall–Kier alpha value is -1.92. The molecule has 0 spiro atoms. The molecule has 3 aliphatic heterocycles. The lowest BCUT2D eigenvalue weighted by molar-refractivity contribution is -0.0672. The number of fused-ring (bicyclic) bond motifs is 1. The zero-order valence-electron chi connectivity index (χ0n) is 17.3. The van der Waals surface area contributed by atoms with Crippen molar-refractivity contribution < 1.29 is 9.47 Å². The normalized spacial score (nSPS) is 23.8. The Kier molecular flexibility index (Phi) is 5.81. The van der Waals surface area contributed by atoms with E-state index in [9.17, 15) is 0 Å². The predicted molar refractivity (Wildman–Crippen MR) is 116 cm³/mol. The van der Waals surface area contributed by atoms with Gasteiger partial charge in [-0.25, -0.2) is 9.97 Å². The summed E-state index contributed by atoms with van der Waals surface area (Å²) in [6, 6.07) is 8.23. The van der Waals surface area contributed by atoms with Gasteiger partial charge in [0.1, 0.15) is 0 Å². The number of aromatic nitrogens is 2. The van der Waals surface area contributed by atoms with E-state index in [1.54, 1.807) is 0 Å². The van der Waals surface area contributed by atoms with Crippen molar-refractivity contribution in [2.24, 2.45) is 0 Å². The van der Waals surface area contributed by atoms with Crippen LogP contribution in [-0.4, -0.2) is 61.6 Å². The maximum absolute atomic E-state index is 6.21. The lowest BCUT2D eigenvalue weighted by Crippen LogP contribution is -2.40. The van der Waals surface area contributed by atoms with Crippen LogP contribution in [0.15, 0.2) is 24.3 Å². The molecule has 156 valence electrons. The van der Waals surface area contributed by atoms with E-state index in [1.807, 2.05) is 12.1 Å². The van der Waals surface area contributed by atoms with E-state index < -0.39 is 0 Å². The summed E-state index contributed by atoms with van der Waals surface area (Å²) in [6.07, 6.45) is 8.81. The standard InChI is InChI=1S/C23H32N4O2/c1-2-9-21-20(8-1)24-22(26-12-4-5-13-26)23(25-21)27-14-10-18(11-15-27)29-17-19-7-3-6-16-28-19/h1-2,8-9,18-19H,3-7,10-17H2. The molecule has 0 amide bonds. The quantitative estimate of drug-likeness (QED) is 0.767. The first-order valence-corrected chi connectivity index (χ1v) is 11.4.